The predicted octanol–water partition coefficient (Wildman–Crippen LogP) is 6.12. The highest BCUT2D eigenvalue weighted by atomic mass is 35.5. The lowest BCUT2D eigenvalue weighted by Crippen LogP contribution is -2.14. The van der Waals surface area contributed by atoms with Gasteiger partial charge in [0.25, 0.3) is 0 Å². The van der Waals surface area contributed by atoms with Gasteiger partial charge in [-0.3, -0.25) is 0 Å². The van der Waals surface area contributed by atoms with Crippen molar-refractivity contribution in [1.82, 2.24) is 5.32 Å². The summed E-state index contributed by atoms with van der Waals surface area (Å²) in [6, 6.07) is 9.04. The normalized spacial score (nSPS) is 10.8. The van der Waals surface area contributed by atoms with Crippen molar-refractivity contribution in [2.24, 2.45) is 0 Å². The van der Waals surface area contributed by atoms with Crippen LogP contribution in [0, 0.1) is 0 Å². The molecule has 0 saturated carbocycles. The highest BCUT2D eigenvalue weighted by Crippen LogP contribution is 2.34. The van der Waals surface area contributed by atoms with Gasteiger partial charge in [-0.2, -0.15) is 0 Å². The molecule has 2 aromatic carbocycles. The molecule has 6 heteroatoms. The molecule has 0 radical (unpaired) electrons. The van der Waals surface area contributed by atoms with Crippen molar-refractivity contribution in [3.63, 3.8) is 0 Å². The van der Waals surface area contributed by atoms with E-state index >= 15 is 0 Å². The largest absolute Gasteiger partial charge is 0.490 e. The number of ether oxygens (including phenoxy) is 2. The molecule has 0 bridgehead atoms. The average molecular weight is 403 g/mol. The highest BCUT2D eigenvalue weighted by molar-refractivity contribution is 6.35. The van der Waals surface area contributed by atoms with Gasteiger partial charge in [0.05, 0.1) is 6.61 Å². The minimum Gasteiger partial charge on any atom is -0.490 e. The van der Waals surface area contributed by atoms with E-state index in [4.69, 9.17) is 44.3 Å². The van der Waals surface area contributed by atoms with E-state index in [9.17, 15) is 0 Å². The van der Waals surface area contributed by atoms with Crippen LogP contribution in [-0.4, -0.2) is 13.2 Å². The SMILES string of the molecule is CCCNCc1cc(OCC)c(OCc2ccc(Cl)cc2Cl)cc1Cl. The van der Waals surface area contributed by atoms with Crippen molar-refractivity contribution >= 4 is 34.8 Å². The minimum absolute atomic E-state index is 0.305. The number of halogens is 3. The van der Waals surface area contributed by atoms with E-state index in [0.717, 1.165) is 24.1 Å². The van der Waals surface area contributed by atoms with E-state index in [-0.39, 0.29) is 0 Å². The second-order valence-corrected chi connectivity index (χ2v) is 6.78. The minimum atomic E-state index is 0.305. The molecule has 25 heavy (non-hydrogen) atoms. The van der Waals surface area contributed by atoms with E-state index in [1.54, 1.807) is 18.2 Å². The zero-order valence-corrected chi connectivity index (χ0v) is 16.6. The first-order valence-electron chi connectivity index (χ1n) is 8.27. The number of hydrogen-bond donors (Lipinski definition) is 1. The van der Waals surface area contributed by atoms with Crippen LogP contribution in [0.5, 0.6) is 11.5 Å². The highest BCUT2D eigenvalue weighted by Gasteiger charge is 2.12. The fourth-order valence-corrected chi connectivity index (χ4v) is 2.97. The van der Waals surface area contributed by atoms with Gasteiger partial charge in [0.2, 0.25) is 0 Å². The summed E-state index contributed by atoms with van der Waals surface area (Å²) in [5.41, 5.74) is 1.83. The molecule has 0 aliphatic carbocycles. The molecule has 0 heterocycles. The lowest BCUT2D eigenvalue weighted by atomic mass is 10.2. The van der Waals surface area contributed by atoms with E-state index in [1.807, 2.05) is 19.1 Å². The third kappa shape index (κ3) is 5.96. The summed E-state index contributed by atoms with van der Waals surface area (Å²) in [6.07, 6.45) is 1.07. The summed E-state index contributed by atoms with van der Waals surface area (Å²) in [7, 11) is 0. The molecule has 2 aromatic rings. The summed E-state index contributed by atoms with van der Waals surface area (Å²) in [6.45, 7) is 6.54. The van der Waals surface area contributed by atoms with Gasteiger partial charge in [-0.1, -0.05) is 47.8 Å². The summed E-state index contributed by atoms with van der Waals surface area (Å²) in [4.78, 5) is 0. The Labute approximate surface area is 164 Å². The Kier molecular flexibility index (Phi) is 8.17. The molecule has 136 valence electrons. The molecule has 0 aliphatic heterocycles. The zero-order valence-electron chi connectivity index (χ0n) is 14.4. The molecule has 1 N–H and O–H groups in total. The zero-order chi connectivity index (χ0) is 18.2. The Morgan fingerprint density at radius 1 is 0.880 bits per heavy atom. The van der Waals surface area contributed by atoms with Gasteiger partial charge >= 0.3 is 0 Å². The third-order valence-corrected chi connectivity index (χ3v) is 4.49. The van der Waals surface area contributed by atoms with E-state index in [1.165, 1.54) is 0 Å². The molecule has 0 fully saturated rings. The summed E-state index contributed by atoms with van der Waals surface area (Å²) in [5, 5.41) is 5.14. The Morgan fingerprint density at radius 2 is 1.60 bits per heavy atom. The number of benzene rings is 2. The fraction of sp³-hybridized carbons (Fsp3) is 0.368. The van der Waals surface area contributed by atoms with Crippen LogP contribution in [0.3, 0.4) is 0 Å². The second kappa shape index (κ2) is 10.1. The molecule has 0 atom stereocenters. The van der Waals surface area contributed by atoms with Crippen molar-refractivity contribution in [1.29, 1.82) is 0 Å². The molecule has 0 aliphatic rings. The van der Waals surface area contributed by atoms with Gasteiger partial charge in [-0.15, -0.1) is 0 Å². The summed E-state index contributed by atoms with van der Waals surface area (Å²) in [5.74, 6) is 1.27. The quantitative estimate of drug-likeness (QED) is 0.512. The van der Waals surface area contributed by atoms with Crippen LogP contribution < -0.4 is 14.8 Å². The van der Waals surface area contributed by atoms with Crippen molar-refractivity contribution < 1.29 is 9.47 Å². The van der Waals surface area contributed by atoms with Crippen molar-refractivity contribution in [3.8, 4) is 11.5 Å². The molecule has 0 unspecified atom stereocenters. The van der Waals surface area contributed by atoms with Crippen LogP contribution in [0.25, 0.3) is 0 Å². The average Bonchev–Trinajstić information content (AvgIpc) is 2.57. The lowest BCUT2D eigenvalue weighted by Gasteiger charge is -2.16. The van der Waals surface area contributed by atoms with Crippen LogP contribution in [0.2, 0.25) is 15.1 Å². The third-order valence-electron chi connectivity index (χ3n) is 3.55. The Hall–Kier alpha value is -1.13. The number of nitrogens with one attached hydrogen (secondary N) is 1. The topological polar surface area (TPSA) is 30.5 Å². The standard InChI is InChI=1S/C19H22Cl3NO2/c1-3-7-23-11-14-8-18(24-4-2)19(10-17(14)22)25-12-13-5-6-15(20)9-16(13)21/h5-6,8-10,23H,3-4,7,11-12H2,1-2H3. The fourth-order valence-electron chi connectivity index (χ4n) is 2.29. The lowest BCUT2D eigenvalue weighted by molar-refractivity contribution is 0.269. The molecular formula is C19H22Cl3NO2. The first-order valence-corrected chi connectivity index (χ1v) is 9.41. The van der Waals surface area contributed by atoms with Crippen LogP contribution in [0.1, 0.15) is 31.4 Å². The molecule has 0 aromatic heterocycles. The van der Waals surface area contributed by atoms with Crippen molar-refractivity contribution in [2.75, 3.05) is 13.2 Å². The Balaban J connectivity index is 2.16. The van der Waals surface area contributed by atoms with Crippen molar-refractivity contribution in [2.45, 2.75) is 33.4 Å². The molecule has 0 spiro atoms. The molecule has 3 nitrogen and oxygen atoms in total. The predicted molar refractivity (Wildman–Crippen MR) is 105 cm³/mol. The van der Waals surface area contributed by atoms with Crippen LogP contribution in [0.15, 0.2) is 30.3 Å². The van der Waals surface area contributed by atoms with Gasteiger partial charge in [-0.05, 0) is 43.7 Å². The van der Waals surface area contributed by atoms with Crippen LogP contribution >= 0.6 is 34.8 Å². The first-order chi connectivity index (χ1) is 12.0. The molecule has 0 saturated heterocycles. The molecule has 0 amide bonds. The van der Waals surface area contributed by atoms with Gasteiger partial charge in [0.15, 0.2) is 11.5 Å². The second-order valence-electron chi connectivity index (χ2n) is 5.52. The summed E-state index contributed by atoms with van der Waals surface area (Å²) < 4.78 is 11.6. The monoisotopic (exact) mass is 401 g/mol. The van der Waals surface area contributed by atoms with Crippen LogP contribution in [0.4, 0.5) is 0 Å². The summed E-state index contributed by atoms with van der Waals surface area (Å²) >= 11 is 18.5. The van der Waals surface area contributed by atoms with E-state index < -0.39 is 0 Å². The van der Waals surface area contributed by atoms with Gasteiger partial charge < -0.3 is 14.8 Å². The Morgan fingerprint density at radius 3 is 2.28 bits per heavy atom. The maximum Gasteiger partial charge on any atom is 0.163 e. The van der Waals surface area contributed by atoms with Crippen molar-refractivity contribution in [3.05, 3.63) is 56.5 Å². The van der Waals surface area contributed by atoms with Crippen LogP contribution in [-0.2, 0) is 13.2 Å². The molecular weight excluding hydrogens is 381 g/mol. The number of hydrogen-bond acceptors (Lipinski definition) is 3. The van der Waals surface area contributed by atoms with E-state index in [0.29, 0.717) is 46.3 Å². The number of rotatable bonds is 9. The maximum atomic E-state index is 6.40. The molecule has 2 rings (SSSR count). The maximum absolute atomic E-state index is 6.40. The first kappa shape index (κ1) is 20.2. The van der Waals surface area contributed by atoms with Gasteiger partial charge in [-0.25, -0.2) is 0 Å². The van der Waals surface area contributed by atoms with Gasteiger partial charge in [0, 0.05) is 33.2 Å². The van der Waals surface area contributed by atoms with Gasteiger partial charge in [0.1, 0.15) is 6.61 Å². The Bertz CT molecular complexity index is 707. The smallest absolute Gasteiger partial charge is 0.163 e. The van der Waals surface area contributed by atoms with E-state index in [2.05, 4.69) is 12.2 Å².